The number of likely N-dealkylation sites (N-methyl/N-ethyl adjacent to an activating group) is 1. The van der Waals surface area contributed by atoms with Crippen LogP contribution in [0.25, 0.3) is 0 Å². The van der Waals surface area contributed by atoms with E-state index in [1.54, 1.807) is 0 Å². The molecular weight excluding hydrogens is 268 g/mol. The van der Waals surface area contributed by atoms with Crippen LogP contribution in [0.3, 0.4) is 0 Å². The Hall–Kier alpha value is -0.360. The van der Waals surface area contributed by atoms with Crippen molar-refractivity contribution in [1.29, 1.82) is 0 Å². The number of nitrogens with two attached hydrogens (primary N) is 1. The fraction of sp³-hybridized carbons (Fsp3) is 0.923. The summed E-state index contributed by atoms with van der Waals surface area (Å²) < 4.78 is 10.7. The summed E-state index contributed by atoms with van der Waals surface area (Å²) in [5, 5.41) is 0. The molecule has 1 fully saturated rings. The molecule has 19 heavy (non-hydrogen) atoms. The average molecular weight is 295 g/mol. The third-order valence-corrected chi connectivity index (χ3v) is 3.67. The molecule has 5 nitrogen and oxygen atoms in total. The quantitative estimate of drug-likeness (QED) is 0.713. The molecule has 0 bridgehead atoms. The predicted molar refractivity (Wildman–Crippen MR) is 77.5 cm³/mol. The zero-order chi connectivity index (χ0) is 13.4. The van der Waals surface area contributed by atoms with Crippen LogP contribution in [0.2, 0.25) is 0 Å². The van der Waals surface area contributed by atoms with Gasteiger partial charge in [0.25, 0.3) is 0 Å². The number of halogens is 1. The molecule has 0 atom stereocenters. The fourth-order valence-corrected chi connectivity index (χ4v) is 2.33. The second-order valence-electron chi connectivity index (χ2n) is 4.68. The number of carbonyl (C=O) groups is 1. The number of carbonyl (C=O) groups excluding carboxylic acids is 1. The topological polar surface area (TPSA) is 64.8 Å². The van der Waals surface area contributed by atoms with E-state index >= 15 is 0 Å². The molecule has 6 heteroatoms. The molecule has 0 aromatic carbocycles. The number of hydrogen-bond donors (Lipinski definition) is 1. The van der Waals surface area contributed by atoms with E-state index < -0.39 is 5.41 Å². The molecule has 114 valence electrons. The number of nitrogens with zero attached hydrogens (tertiary/aromatic N) is 1. The van der Waals surface area contributed by atoms with Crippen LogP contribution in [0.4, 0.5) is 0 Å². The SMILES string of the molecule is CCOCCN(CC)C(=O)C1(CN)CCOCC1.Cl. The summed E-state index contributed by atoms with van der Waals surface area (Å²) in [6, 6.07) is 0. The maximum atomic E-state index is 12.6. The third kappa shape index (κ3) is 4.91. The number of hydrogen-bond acceptors (Lipinski definition) is 4. The van der Waals surface area contributed by atoms with Crippen molar-refractivity contribution < 1.29 is 14.3 Å². The summed E-state index contributed by atoms with van der Waals surface area (Å²) in [5.74, 6) is 0.163. The highest BCUT2D eigenvalue weighted by molar-refractivity contribution is 5.85. The smallest absolute Gasteiger partial charge is 0.230 e. The lowest BCUT2D eigenvalue weighted by Crippen LogP contribution is -2.51. The lowest BCUT2D eigenvalue weighted by molar-refractivity contribution is -0.147. The van der Waals surface area contributed by atoms with E-state index in [9.17, 15) is 4.79 Å². The van der Waals surface area contributed by atoms with Gasteiger partial charge < -0.3 is 20.1 Å². The average Bonchev–Trinajstić information content (AvgIpc) is 2.44. The van der Waals surface area contributed by atoms with Crippen LogP contribution in [-0.2, 0) is 14.3 Å². The lowest BCUT2D eigenvalue weighted by Gasteiger charge is -2.38. The molecule has 0 aromatic heterocycles. The van der Waals surface area contributed by atoms with Gasteiger partial charge in [0.15, 0.2) is 0 Å². The van der Waals surface area contributed by atoms with Crippen LogP contribution in [0.1, 0.15) is 26.7 Å². The van der Waals surface area contributed by atoms with E-state index in [-0.39, 0.29) is 18.3 Å². The van der Waals surface area contributed by atoms with Gasteiger partial charge in [-0.1, -0.05) is 0 Å². The van der Waals surface area contributed by atoms with Gasteiger partial charge in [-0.15, -0.1) is 12.4 Å². The first-order chi connectivity index (χ1) is 8.70. The normalized spacial score (nSPS) is 17.6. The first kappa shape index (κ1) is 18.6. The van der Waals surface area contributed by atoms with Crippen molar-refractivity contribution in [1.82, 2.24) is 4.90 Å². The molecular formula is C13H27ClN2O3. The Morgan fingerprint density at radius 2 is 2.00 bits per heavy atom. The maximum Gasteiger partial charge on any atom is 0.230 e. The highest BCUT2D eigenvalue weighted by Crippen LogP contribution is 2.31. The van der Waals surface area contributed by atoms with Crippen molar-refractivity contribution in [2.75, 3.05) is 46.1 Å². The highest BCUT2D eigenvalue weighted by Gasteiger charge is 2.40. The number of amides is 1. The van der Waals surface area contributed by atoms with Crippen molar-refractivity contribution in [3.63, 3.8) is 0 Å². The monoisotopic (exact) mass is 294 g/mol. The summed E-state index contributed by atoms with van der Waals surface area (Å²) in [6.45, 7) is 8.23. The van der Waals surface area contributed by atoms with Gasteiger partial charge in [-0.25, -0.2) is 0 Å². The second-order valence-corrected chi connectivity index (χ2v) is 4.68. The van der Waals surface area contributed by atoms with Crippen LogP contribution >= 0.6 is 12.4 Å². The summed E-state index contributed by atoms with van der Waals surface area (Å²) in [6.07, 6.45) is 1.46. The van der Waals surface area contributed by atoms with Gasteiger partial charge in [0, 0.05) is 39.5 Å². The number of rotatable bonds is 7. The summed E-state index contributed by atoms with van der Waals surface area (Å²) >= 11 is 0. The van der Waals surface area contributed by atoms with Gasteiger partial charge >= 0.3 is 0 Å². The van der Waals surface area contributed by atoms with E-state index in [2.05, 4.69) is 0 Å². The molecule has 1 saturated heterocycles. The molecule has 1 aliphatic rings. The minimum Gasteiger partial charge on any atom is -0.381 e. The van der Waals surface area contributed by atoms with E-state index in [0.717, 1.165) is 12.8 Å². The first-order valence-corrected chi connectivity index (χ1v) is 6.85. The lowest BCUT2D eigenvalue weighted by atomic mass is 9.79. The molecule has 1 aliphatic heterocycles. The van der Waals surface area contributed by atoms with Crippen LogP contribution in [-0.4, -0.2) is 56.9 Å². The molecule has 1 amide bonds. The van der Waals surface area contributed by atoms with Crippen LogP contribution in [0, 0.1) is 5.41 Å². The molecule has 1 rings (SSSR count). The Bertz CT molecular complexity index is 258. The van der Waals surface area contributed by atoms with E-state index in [4.69, 9.17) is 15.2 Å². The molecule has 0 saturated carbocycles. The molecule has 0 spiro atoms. The Balaban J connectivity index is 0.00000324. The molecule has 1 heterocycles. The summed E-state index contributed by atoms with van der Waals surface area (Å²) in [7, 11) is 0. The zero-order valence-corrected chi connectivity index (χ0v) is 12.8. The first-order valence-electron chi connectivity index (χ1n) is 6.85. The molecule has 0 aromatic rings. The summed E-state index contributed by atoms with van der Waals surface area (Å²) in [4.78, 5) is 14.5. The van der Waals surface area contributed by atoms with Crippen molar-refractivity contribution in [2.45, 2.75) is 26.7 Å². The third-order valence-electron chi connectivity index (χ3n) is 3.67. The predicted octanol–water partition coefficient (Wildman–Crippen LogP) is 1.05. The second kappa shape index (κ2) is 9.53. The minimum absolute atomic E-state index is 0. The molecule has 0 unspecified atom stereocenters. The molecule has 0 radical (unpaired) electrons. The van der Waals surface area contributed by atoms with Crippen molar-refractivity contribution in [3.05, 3.63) is 0 Å². The van der Waals surface area contributed by atoms with Gasteiger partial charge in [-0.05, 0) is 26.7 Å². The van der Waals surface area contributed by atoms with E-state index in [1.807, 2.05) is 18.7 Å². The Morgan fingerprint density at radius 1 is 1.37 bits per heavy atom. The maximum absolute atomic E-state index is 12.6. The van der Waals surface area contributed by atoms with Gasteiger partial charge in [0.05, 0.1) is 12.0 Å². The van der Waals surface area contributed by atoms with E-state index in [0.29, 0.717) is 46.1 Å². The highest BCUT2D eigenvalue weighted by atomic mass is 35.5. The zero-order valence-electron chi connectivity index (χ0n) is 12.0. The van der Waals surface area contributed by atoms with Crippen LogP contribution in [0.15, 0.2) is 0 Å². The van der Waals surface area contributed by atoms with Gasteiger partial charge in [-0.3, -0.25) is 4.79 Å². The Kier molecular flexibility index (Phi) is 9.35. The molecule has 0 aliphatic carbocycles. The van der Waals surface area contributed by atoms with Gasteiger partial charge in [-0.2, -0.15) is 0 Å². The van der Waals surface area contributed by atoms with Crippen LogP contribution in [0.5, 0.6) is 0 Å². The minimum atomic E-state index is -0.416. The van der Waals surface area contributed by atoms with Crippen molar-refractivity contribution in [2.24, 2.45) is 11.1 Å². The van der Waals surface area contributed by atoms with Gasteiger partial charge in [0.2, 0.25) is 5.91 Å². The fourth-order valence-electron chi connectivity index (χ4n) is 2.33. The van der Waals surface area contributed by atoms with Gasteiger partial charge in [0.1, 0.15) is 0 Å². The number of ether oxygens (including phenoxy) is 2. The van der Waals surface area contributed by atoms with E-state index in [1.165, 1.54) is 0 Å². The Labute approximate surface area is 122 Å². The molecule has 2 N–H and O–H groups in total. The van der Waals surface area contributed by atoms with Crippen molar-refractivity contribution in [3.8, 4) is 0 Å². The van der Waals surface area contributed by atoms with Crippen LogP contribution < -0.4 is 5.73 Å². The van der Waals surface area contributed by atoms with Crippen molar-refractivity contribution >= 4 is 18.3 Å². The summed E-state index contributed by atoms with van der Waals surface area (Å²) in [5.41, 5.74) is 5.44. The Morgan fingerprint density at radius 3 is 2.47 bits per heavy atom. The standard InChI is InChI=1S/C13H26N2O3.ClH/c1-3-15(7-10-17-4-2)12(16)13(11-14)5-8-18-9-6-13;/h3-11,14H2,1-2H3;1H. The largest absolute Gasteiger partial charge is 0.381 e.